The first-order valence-electron chi connectivity index (χ1n) is 5.38. The fourth-order valence-electron chi connectivity index (χ4n) is 1.49. The summed E-state index contributed by atoms with van der Waals surface area (Å²) in [5.74, 6) is 0. The van der Waals surface area contributed by atoms with Crippen molar-refractivity contribution in [3.05, 3.63) is 57.2 Å². The molecule has 1 heterocycles. The first-order valence-corrected chi connectivity index (χ1v) is 6.57. The monoisotopic (exact) mass is 267 g/mol. The van der Waals surface area contributed by atoms with Gasteiger partial charge in [0.1, 0.15) is 0 Å². The van der Waals surface area contributed by atoms with E-state index >= 15 is 0 Å². The minimum Gasteiger partial charge on any atom is -0.375 e. The van der Waals surface area contributed by atoms with Crippen LogP contribution in [-0.2, 0) is 11.3 Å². The Morgan fingerprint density at radius 1 is 1.18 bits per heavy atom. The molecule has 17 heavy (non-hydrogen) atoms. The molecule has 4 heteroatoms. The molecular weight excluding hydrogens is 254 g/mol. The molecular formula is C13H14ClNOS. The highest BCUT2D eigenvalue weighted by atomic mass is 35.5. The van der Waals surface area contributed by atoms with Crippen molar-refractivity contribution in [1.82, 2.24) is 0 Å². The number of hydrogen-bond acceptors (Lipinski definition) is 3. The summed E-state index contributed by atoms with van der Waals surface area (Å²) in [6.45, 7) is 1.10. The van der Waals surface area contributed by atoms with Crippen molar-refractivity contribution in [2.24, 2.45) is 5.73 Å². The SMILES string of the molecule is NC(COCc1ccccc1)c1ccc(Cl)s1. The van der Waals surface area contributed by atoms with Gasteiger partial charge in [-0.25, -0.2) is 0 Å². The molecule has 0 saturated carbocycles. The molecule has 0 aliphatic rings. The summed E-state index contributed by atoms with van der Waals surface area (Å²) < 4.78 is 6.35. The Labute approximate surface area is 110 Å². The zero-order valence-electron chi connectivity index (χ0n) is 9.30. The van der Waals surface area contributed by atoms with Crippen LogP contribution in [0.25, 0.3) is 0 Å². The normalized spacial score (nSPS) is 12.6. The Balaban J connectivity index is 1.79. The Bertz CT molecular complexity index is 457. The van der Waals surface area contributed by atoms with Gasteiger partial charge in [-0.05, 0) is 17.7 Å². The Kier molecular flexibility index (Phi) is 4.57. The van der Waals surface area contributed by atoms with Crippen LogP contribution < -0.4 is 5.73 Å². The second-order valence-electron chi connectivity index (χ2n) is 3.75. The van der Waals surface area contributed by atoms with E-state index in [0.717, 1.165) is 14.8 Å². The predicted molar refractivity (Wildman–Crippen MR) is 72.4 cm³/mol. The van der Waals surface area contributed by atoms with Gasteiger partial charge in [-0.15, -0.1) is 11.3 Å². The maximum absolute atomic E-state index is 6.00. The molecule has 0 amide bonds. The van der Waals surface area contributed by atoms with E-state index in [4.69, 9.17) is 22.1 Å². The minimum absolute atomic E-state index is 0.101. The third-order valence-corrected chi connectivity index (χ3v) is 3.73. The van der Waals surface area contributed by atoms with E-state index in [1.807, 2.05) is 42.5 Å². The number of ether oxygens (including phenoxy) is 1. The highest BCUT2D eigenvalue weighted by Crippen LogP contribution is 2.25. The van der Waals surface area contributed by atoms with Gasteiger partial charge in [0, 0.05) is 4.88 Å². The molecule has 2 nitrogen and oxygen atoms in total. The molecule has 2 aromatic rings. The topological polar surface area (TPSA) is 35.2 Å². The van der Waals surface area contributed by atoms with Gasteiger partial charge in [0.25, 0.3) is 0 Å². The van der Waals surface area contributed by atoms with Gasteiger partial charge in [0.15, 0.2) is 0 Å². The standard InChI is InChI=1S/C13H14ClNOS/c14-13-7-6-12(17-13)11(15)9-16-8-10-4-2-1-3-5-10/h1-7,11H,8-9,15H2. The minimum atomic E-state index is -0.101. The lowest BCUT2D eigenvalue weighted by atomic mass is 10.2. The first kappa shape index (κ1) is 12.6. The van der Waals surface area contributed by atoms with Crippen molar-refractivity contribution in [2.75, 3.05) is 6.61 Å². The third kappa shape index (κ3) is 3.82. The van der Waals surface area contributed by atoms with Gasteiger partial charge in [-0.2, -0.15) is 0 Å². The molecule has 2 N–H and O–H groups in total. The highest BCUT2D eigenvalue weighted by molar-refractivity contribution is 7.16. The zero-order valence-corrected chi connectivity index (χ0v) is 10.9. The van der Waals surface area contributed by atoms with Crippen LogP contribution in [0.4, 0.5) is 0 Å². The molecule has 0 radical (unpaired) electrons. The summed E-state index contributed by atoms with van der Waals surface area (Å²) in [4.78, 5) is 1.06. The molecule has 1 aromatic heterocycles. The van der Waals surface area contributed by atoms with E-state index < -0.39 is 0 Å². The fraction of sp³-hybridized carbons (Fsp3) is 0.231. The Morgan fingerprint density at radius 3 is 2.59 bits per heavy atom. The van der Waals surface area contributed by atoms with E-state index in [1.54, 1.807) is 0 Å². The first-order chi connectivity index (χ1) is 8.25. The summed E-state index contributed by atoms with van der Waals surface area (Å²) in [6.07, 6.45) is 0. The number of thiophene rings is 1. The third-order valence-electron chi connectivity index (χ3n) is 2.37. The maximum Gasteiger partial charge on any atom is 0.0931 e. The number of nitrogens with two attached hydrogens (primary N) is 1. The molecule has 1 aromatic carbocycles. The average Bonchev–Trinajstić information content (AvgIpc) is 2.77. The average molecular weight is 268 g/mol. The van der Waals surface area contributed by atoms with Crippen molar-refractivity contribution in [3.8, 4) is 0 Å². The van der Waals surface area contributed by atoms with Gasteiger partial charge in [-0.1, -0.05) is 41.9 Å². The van der Waals surface area contributed by atoms with E-state index in [2.05, 4.69) is 0 Å². The molecule has 1 atom stereocenters. The van der Waals surface area contributed by atoms with Crippen molar-refractivity contribution >= 4 is 22.9 Å². The largest absolute Gasteiger partial charge is 0.375 e. The maximum atomic E-state index is 6.00. The molecule has 1 unspecified atom stereocenters. The van der Waals surface area contributed by atoms with Crippen molar-refractivity contribution in [2.45, 2.75) is 12.6 Å². The van der Waals surface area contributed by atoms with Crippen molar-refractivity contribution in [3.63, 3.8) is 0 Å². The number of rotatable bonds is 5. The fourth-order valence-corrected chi connectivity index (χ4v) is 2.53. The van der Waals surface area contributed by atoms with Crippen LogP contribution >= 0.6 is 22.9 Å². The lowest BCUT2D eigenvalue weighted by Crippen LogP contribution is -2.15. The molecule has 2 rings (SSSR count). The van der Waals surface area contributed by atoms with Crippen LogP contribution in [0.5, 0.6) is 0 Å². The van der Waals surface area contributed by atoms with Crippen LogP contribution in [0.2, 0.25) is 4.34 Å². The molecule has 90 valence electrons. The molecule has 0 aliphatic carbocycles. The smallest absolute Gasteiger partial charge is 0.0931 e. The van der Waals surface area contributed by atoms with Crippen LogP contribution in [0.3, 0.4) is 0 Å². The lowest BCUT2D eigenvalue weighted by molar-refractivity contribution is 0.108. The summed E-state index contributed by atoms with van der Waals surface area (Å²) in [6, 6.07) is 13.8. The number of hydrogen-bond donors (Lipinski definition) is 1. The van der Waals surface area contributed by atoms with Crippen LogP contribution in [0.1, 0.15) is 16.5 Å². The van der Waals surface area contributed by atoms with Gasteiger partial charge in [0.05, 0.1) is 23.6 Å². The van der Waals surface area contributed by atoms with Crippen molar-refractivity contribution in [1.29, 1.82) is 0 Å². The van der Waals surface area contributed by atoms with Crippen LogP contribution in [0, 0.1) is 0 Å². The summed E-state index contributed by atoms with van der Waals surface area (Å²) in [7, 11) is 0. The summed E-state index contributed by atoms with van der Waals surface area (Å²) in [5, 5.41) is 0. The van der Waals surface area contributed by atoms with Gasteiger partial charge in [-0.3, -0.25) is 0 Å². The van der Waals surface area contributed by atoms with Gasteiger partial charge >= 0.3 is 0 Å². The van der Waals surface area contributed by atoms with E-state index in [0.29, 0.717) is 13.2 Å². The Morgan fingerprint density at radius 2 is 1.94 bits per heavy atom. The highest BCUT2D eigenvalue weighted by Gasteiger charge is 2.08. The quantitative estimate of drug-likeness (QED) is 0.898. The molecule has 0 spiro atoms. The Hall–Kier alpha value is -0.870. The molecule has 0 bridgehead atoms. The van der Waals surface area contributed by atoms with E-state index in [-0.39, 0.29) is 6.04 Å². The number of halogens is 1. The second-order valence-corrected chi connectivity index (χ2v) is 5.50. The van der Waals surface area contributed by atoms with Crippen LogP contribution in [-0.4, -0.2) is 6.61 Å². The zero-order chi connectivity index (χ0) is 12.1. The molecule has 0 aliphatic heterocycles. The predicted octanol–water partition coefficient (Wildman–Crippen LogP) is 3.62. The van der Waals surface area contributed by atoms with Gasteiger partial charge in [0.2, 0.25) is 0 Å². The van der Waals surface area contributed by atoms with Crippen molar-refractivity contribution < 1.29 is 4.74 Å². The molecule has 0 saturated heterocycles. The van der Waals surface area contributed by atoms with E-state index in [9.17, 15) is 0 Å². The van der Waals surface area contributed by atoms with Gasteiger partial charge < -0.3 is 10.5 Å². The summed E-state index contributed by atoms with van der Waals surface area (Å²) in [5.41, 5.74) is 7.16. The van der Waals surface area contributed by atoms with Crippen LogP contribution in [0.15, 0.2) is 42.5 Å². The second kappa shape index (κ2) is 6.17. The lowest BCUT2D eigenvalue weighted by Gasteiger charge is -2.10. The molecule has 0 fully saturated rings. The van der Waals surface area contributed by atoms with E-state index in [1.165, 1.54) is 11.3 Å². The number of benzene rings is 1. The summed E-state index contributed by atoms with van der Waals surface area (Å²) >= 11 is 7.36.